The molecule has 0 aliphatic carbocycles. The fourth-order valence-electron chi connectivity index (χ4n) is 0.831. The highest BCUT2D eigenvalue weighted by Crippen LogP contribution is 2.19. The Hall–Kier alpha value is -1.65. The third-order valence-corrected chi connectivity index (χ3v) is 1.42. The van der Waals surface area contributed by atoms with Crippen molar-refractivity contribution in [2.45, 2.75) is 6.92 Å². The summed E-state index contributed by atoms with van der Waals surface area (Å²) in [6.45, 7) is 1.73. The van der Waals surface area contributed by atoms with Crippen molar-refractivity contribution in [1.29, 1.82) is 0 Å². The minimum Gasteiger partial charge on any atom is -0.495 e. The average molecular weight is 170 g/mol. The molecule has 0 saturated heterocycles. The number of rotatable bonds is 1. The van der Waals surface area contributed by atoms with Crippen molar-refractivity contribution in [1.82, 2.24) is 4.98 Å². The number of carbonyl (C=O) groups excluding carboxylic acids is 1. The summed E-state index contributed by atoms with van der Waals surface area (Å²) in [5, 5.41) is 11.4. The normalized spacial score (nSPS) is 9.50. The van der Waals surface area contributed by atoms with Gasteiger partial charge in [-0.2, -0.15) is 0 Å². The lowest BCUT2D eigenvalue weighted by molar-refractivity contribution is 0.187. The number of aromatic amines is 1. The van der Waals surface area contributed by atoms with Crippen LogP contribution >= 0.6 is 0 Å². The number of hydrogen-bond donors (Lipinski definition) is 3. The van der Waals surface area contributed by atoms with Crippen molar-refractivity contribution in [3.05, 3.63) is 11.8 Å². The highest BCUT2D eigenvalue weighted by molar-refractivity contribution is 5.85. The van der Waals surface area contributed by atoms with Crippen molar-refractivity contribution in [3.63, 3.8) is 0 Å². The quantitative estimate of drug-likeness (QED) is 0.593. The van der Waals surface area contributed by atoms with E-state index in [0.717, 1.165) is 0 Å². The molecule has 0 radical (unpaired) electrons. The second-order valence-electron chi connectivity index (χ2n) is 2.31. The Labute approximate surface area is 69.4 Å². The Morgan fingerprint density at radius 2 is 2.42 bits per heavy atom. The van der Waals surface area contributed by atoms with E-state index < -0.39 is 6.09 Å². The summed E-state index contributed by atoms with van der Waals surface area (Å²) in [6.07, 6.45) is -0.558. The van der Waals surface area contributed by atoms with Gasteiger partial charge in [0.1, 0.15) is 0 Å². The molecule has 0 saturated carbocycles. The van der Waals surface area contributed by atoms with Gasteiger partial charge in [-0.3, -0.25) is 5.32 Å². The Morgan fingerprint density at radius 3 is 2.83 bits per heavy atom. The summed E-state index contributed by atoms with van der Waals surface area (Å²) >= 11 is 0. The van der Waals surface area contributed by atoms with Gasteiger partial charge >= 0.3 is 6.09 Å². The predicted octanol–water partition coefficient (Wildman–Crippen LogP) is 1.21. The van der Waals surface area contributed by atoms with Crippen molar-refractivity contribution in [2.75, 3.05) is 12.4 Å². The maximum absolute atomic E-state index is 10.7. The van der Waals surface area contributed by atoms with Crippen LogP contribution in [0.4, 0.5) is 10.5 Å². The summed E-state index contributed by atoms with van der Waals surface area (Å²) in [4.78, 5) is 13.3. The van der Waals surface area contributed by atoms with E-state index in [1.54, 1.807) is 6.92 Å². The molecule has 1 rings (SSSR count). The molecule has 5 nitrogen and oxygen atoms in total. The number of aromatic nitrogens is 1. The molecule has 0 bridgehead atoms. The molecule has 1 amide bonds. The van der Waals surface area contributed by atoms with Gasteiger partial charge in [-0.15, -0.1) is 0 Å². The van der Waals surface area contributed by atoms with E-state index in [1.807, 2.05) is 0 Å². The predicted molar refractivity (Wildman–Crippen MR) is 43.2 cm³/mol. The molecule has 1 aromatic rings. The number of methoxy groups -OCH3 is 1. The Balaban J connectivity index is 2.75. The van der Waals surface area contributed by atoms with E-state index in [2.05, 4.69) is 15.0 Å². The van der Waals surface area contributed by atoms with E-state index in [-0.39, 0.29) is 5.88 Å². The zero-order chi connectivity index (χ0) is 9.14. The van der Waals surface area contributed by atoms with Crippen molar-refractivity contribution >= 4 is 11.8 Å². The number of nitrogens with one attached hydrogen (secondary N) is 2. The highest BCUT2D eigenvalue weighted by Gasteiger charge is 2.06. The standard InChI is InChI=1S/C7H10N2O3/c1-4-5(3-6(10)8-4)9-7(11)12-2/h3,8,10H,1-2H3,(H,9,11). The first-order valence-corrected chi connectivity index (χ1v) is 3.37. The molecular weight excluding hydrogens is 160 g/mol. The van der Waals surface area contributed by atoms with Crippen molar-refractivity contribution < 1.29 is 14.6 Å². The van der Waals surface area contributed by atoms with Gasteiger partial charge in [0.25, 0.3) is 0 Å². The summed E-state index contributed by atoms with van der Waals surface area (Å²) < 4.78 is 4.37. The Morgan fingerprint density at radius 1 is 1.75 bits per heavy atom. The monoisotopic (exact) mass is 170 g/mol. The Kier molecular flexibility index (Phi) is 2.23. The Bertz CT molecular complexity index is 293. The molecule has 66 valence electrons. The molecule has 0 unspecified atom stereocenters. The zero-order valence-corrected chi connectivity index (χ0v) is 6.84. The van der Waals surface area contributed by atoms with E-state index in [0.29, 0.717) is 11.4 Å². The second-order valence-corrected chi connectivity index (χ2v) is 2.31. The molecule has 5 heteroatoms. The summed E-state index contributed by atoms with van der Waals surface area (Å²) in [7, 11) is 1.27. The van der Waals surface area contributed by atoms with Crippen molar-refractivity contribution in [2.24, 2.45) is 0 Å². The molecule has 0 aromatic carbocycles. The molecule has 0 aliphatic rings. The fraction of sp³-hybridized carbons (Fsp3) is 0.286. The number of H-pyrrole nitrogens is 1. The van der Waals surface area contributed by atoms with Crippen LogP contribution < -0.4 is 5.32 Å². The molecule has 0 aliphatic heterocycles. The van der Waals surface area contributed by atoms with Crippen LogP contribution in [0.15, 0.2) is 6.07 Å². The van der Waals surface area contributed by atoms with Crippen LogP contribution in [-0.4, -0.2) is 23.3 Å². The first-order valence-electron chi connectivity index (χ1n) is 3.37. The fourth-order valence-corrected chi connectivity index (χ4v) is 0.831. The molecule has 3 N–H and O–H groups in total. The maximum atomic E-state index is 10.7. The molecule has 12 heavy (non-hydrogen) atoms. The van der Waals surface area contributed by atoms with Gasteiger partial charge in [-0.1, -0.05) is 0 Å². The van der Waals surface area contributed by atoms with Gasteiger partial charge in [0.2, 0.25) is 0 Å². The van der Waals surface area contributed by atoms with Crippen LogP contribution in [0.5, 0.6) is 5.88 Å². The summed E-state index contributed by atoms with van der Waals surface area (Å²) in [5.41, 5.74) is 1.19. The van der Waals surface area contributed by atoms with E-state index in [1.165, 1.54) is 13.2 Å². The number of aryl methyl sites for hydroxylation is 1. The van der Waals surface area contributed by atoms with Crippen LogP contribution in [0.25, 0.3) is 0 Å². The molecular formula is C7H10N2O3. The van der Waals surface area contributed by atoms with Gasteiger partial charge in [0, 0.05) is 11.8 Å². The minimum absolute atomic E-state index is 0.0129. The zero-order valence-electron chi connectivity index (χ0n) is 6.84. The number of carbonyl (C=O) groups is 1. The second kappa shape index (κ2) is 3.17. The van der Waals surface area contributed by atoms with Gasteiger partial charge in [0.15, 0.2) is 5.88 Å². The van der Waals surface area contributed by atoms with Crippen LogP contribution in [-0.2, 0) is 4.74 Å². The SMILES string of the molecule is COC(=O)Nc1cc(O)[nH]c1C. The van der Waals surface area contributed by atoms with Gasteiger partial charge in [-0.05, 0) is 6.92 Å². The van der Waals surface area contributed by atoms with Gasteiger partial charge in [0.05, 0.1) is 12.8 Å². The lowest BCUT2D eigenvalue weighted by Gasteiger charge is -2.00. The number of ether oxygens (including phenoxy) is 1. The molecule has 0 fully saturated rings. The van der Waals surface area contributed by atoms with Crippen LogP contribution in [0, 0.1) is 6.92 Å². The average Bonchev–Trinajstić information content (AvgIpc) is 2.30. The summed E-state index contributed by atoms with van der Waals surface area (Å²) in [6, 6.07) is 1.41. The maximum Gasteiger partial charge on any atom is 0.411 e. The first-order chi connectivity index (χ1) is 5.63. The molecule has 0 atom stereocenters. The topological polar surface area (TPSA) is 74.3 Å². The van der Waals surface area contributed by atoms with Gasteiger partial charge in [-0.25, -0.2) is 4.79 Å². The van der Waals surface area contributed by atoms with Gasteiger partial charge < -0.3 is 14.8 Å². The lowest BCUT2D eigenvalue weighted by Crippen LogP contribution is -2.10. The lowest BCUT2D eigenvalue weighted by atomic mass is 10.4. The molecule has 1 heterocycles. The largest absolute Gasteiger partial charge is 0.495 e. The van der Waals surface area contributed by atoms with Crippen molar-refractivity contribution in [3.8, 4) is 5.88 Å². The van der Waals surface area contributed by atoms with Crippen LogP contribution in [0.3, 0.4) is 0 Å². The molecule has 1 aromatic heterocycles. The number of anilines is 1. The van der Waals surface area contributed by atoms with E-state index >= 15 is 0 Å². The number of amides is 1. The third kappa shape index (κ3) is 1.69. The van der Waals surface area contributed by atoms with E-state index in [9.17, 15) is 4.79 Å². The van der Waals surface area contributed by atoms with Crippen LogP contribution in [0.2, 0.25) is 0 Å². The first kappa shape index (κ1) is 8.45. The number of hydrogen-bond acceptors (Lipinski definition) is 3. The molecule has 0 spiro atoms. The number of aromatic hydroxyl groups is 1. The third-order valence-electron chi connectivity index (χ3n) is 1.42. The highest BCUT2D eigenvalue weighted by atomic mass is 16.5. The smallest absolute Gasteiger partial charge is 0.411 e. The minimum atomic E-state index is -0.558. The summed E-state index contributed by atoms with van der Waals surface area (Å²) in [5.74, 6) is 0.0129. The van der Waals surface area contributed by atoms with Crippen LogP contribution in [0.1, 0.15) is 5.69 Å². The van der Waals surface area contributed by atoms with E-state index in [4.69, 9.17) is 5.11 Å².